The molecule has 4 nitrogen and oxygen atoms in total. The number of nitrogens with one attached hydrogen (secondary N) is 1. The zero-order chi connectivity index (χ0) is 14.9. The number of carboxylic acids is 1. The van der Waals surface area contributed by atoms with Gasteiger partial charge >= 0.3 is 5.97 Å². The van der Waals surface area contributed by atoms with Gasteiger partial charge in [0, 0.05) is 12.3 Å². The van der Waals surface area contributed by atoms with Gasteiger partial charge in [0.05, 0.1) is 0 Å². The molecule has 2 saturated carbocycles. The first-order valence-corrected chi connectivity index (χ1v) is 7.68. The highest BCUT2D eigenvalue weighted by atomic mass is 16.4. The largest absolute Gasteiger partial charge is 0.480 e. The third kappa shape index (κ3) is 2.94. The van der Waals surface area contributed by atoms with Crippen molar-refractivity contribution in [1.29, 1.82) is 0 Å². The topological polar surface area (TPSA) is 66.4 Å². The van der Waals surface area contributed by atoms with Gasteiger partial charge in [-0.25, -0.2) is 4.79 Å². The summed E-state index contributed by atoms with van der Waals surface area (Å²) < 4.78 is 0. The number of benzene rings is 1. The average Bonchev–Trinajstić information content (AvgIpc) is 2.97. The van der Waals surface area contributed by atoms with Crippen LogP contribution in [0.3, 0.4) is 0 Å². The molecular weight excluding hydrogens is 266 g/mol. The Morgan fingerprint density at radius 1 is 1.24 bits per heavy atom. The van der Waals surface area contributed by atoms with Crippen molar-refractivity contribution >= 4 is 11.9 Å². The summed E-state index contributed by atoms with van der Waals surface area (Å²) in [5.74, 6) is -0.994. The second-order valence-corrected chi connectivity index (χ2v) is 6.42. The van der Waals surface area contributed by atoms with Crippen molar-refractivity contribution in [2.75, 3.05) is 0 Å². The lowest BCUT2D eigenvalue weighted by Crippen LogP contribution is -2.43. The van der Waals surface area contributed by atoms with E-state index in [2.05, 4.69) is 5.32 Å². The summed E-state index contributed by atoms with van der Waals surface area (Å²) in [5.41, 5.74) is 1.14. The van der Waals surface area contributed by atoms with E-state index in [0.717, 1.165) is 24.8 Å². The number of amides is 1. The fraction of sp³-hybridized carbons (Fsp3) is 0.529. The molecule has 2 N–H and O–H groups in total. The molecule has 2 aliphatic rings. The van der Waals surface area contributed by atoms with Gasteiger partial charge in [-0.2, -0.15) is 0 Å². The lowest BCUT2D eigenvalue weighted by molar-refractivity contribution is -0.142. The summed E-state index contributed by atoms with van der Waals surface area (Å²) in [4.78, 5) is 23.7. The summed E-state index contributed by atoms with van der Waals surface area (Å²) in [5, 5.41) is 12.1. The normalized spacial score (nSPS) is 23.7. The monoisotopic (exact) mass is 287 g/mol. The van der Waals surface area contributed by atoms with Crippen molar-refractivity contribution in [2.45, 2.75) is 44.6 Å². The Balaban J connectivity index is 1.61. The number of hydrogen-bond donors (Lipinski definition) is 2. The number of carbonyl (C=O) groups excluding carboxylic acids is 1. The first-order chi connectivity index (χ1) is 10.1. The molecule has 0 radical (unpaired) electrons. The Morgan fingerprint density at radius 3 is 2.52 bits per heavy atom. The van der Waals surface area contributed by atoms with E-state index in [1.165, 1.54) is 12.8 Å². The van der Waals surface area contributed by atoms with Crippen LogP contribution in [0.25, 0.3) is 0 Å². The van der Waals surface area contributed by atoms with Gasteiger partial charge in [0.1, 0.15) is 6.04 Å². The van der Waals surface area contributed by atoms with E-state index < -0.39 is 12.0 Å². The maximum Gasteiger partial charge on any atom is 0.326 e. The van der Waals surface area contributed by atoms with Crippen LogP contribution in [0.2, 0.25) is 0 Å². The SMILES string of the molecule is O=C(O)C(Cc1ccccc1)NC(=O)C1CC12CCCC2. The van der Waals surface area contributed by atoms with Crippen LogP contribution in [-0.2, 0) is 16.0 Å². The number of aliphatic carboxylic acids is 1. The predicted octanol–water partition coefficient (Wildman–Crippen LogP) is 2.38. The third-order valence-electron chi connectivity index (χ3n) is 5.00. The quantitative estimate of drug-likeness (QED) is 0.873. The van der Waals surface area contributed by atoms with E-state index in [1.807, 2.05) is 30.3 Å². The van der Waals surface area contributed by atoms with E-state index in [4.69, 9.17) is 0 Å². The van der Waals surface area contributed by atoms with Gasteiger partial charge in [-0.05, 0) is 30.2 Å². The van der Waals surface area contributed by atoms with Gasteiger partial charge in [-0.3, -0.25) is 4.79 Å². The molecule has 112 valence electrons. The summed E-state index contributed by atoms with van der Waals surface area (Å²) in [7, 11) is 0. The first kappa shape index (κ1) is 14.1. The molecular formula is C17H21NO3. The first-order valence-electron chi connectivity index (χ1n) is 7.68. The number of hydrogen-bond acceptors (Lipinski definition) is 2. The molecule has 2 unspecified atom stereocenters. The van der Waals surface area contributed by atoms with Crippen molar-refractivity contribution in [3.63, 3.8) is 0 Å². The van der Waals surface area contributed by atoms with Crippen LogP contribution in [0, 0.1) is 11.3 Å². The molecule has 0 aliphatic heterocycles. The molecule has 2 aliphatic carbocycles. The van der Waals surface area contributed by atoms with Gasteiger partial charge in [-0.15, -0.1) is 0 Å². The lowest BCUT2D eigenvalue weighted by atomic mass is 10.0. The Bertz CT molecular complexity index is 534. The smallest absolute Gasteiger partial charge is 0.326 e. The number of rotatable bonds is 5. The molecule has 0 aromatic heterocycles. The minimum absolute atomic E-state index is 0.0395. The van der Waals surface area contributed by atoms with Crippen LogP contribution in [-0.4, -0.2) is 23.0 Å². The highest BCUT2D eigenvalue weighted by Gasteiger charge is 2.58. The van der Waals surface area contributed by atoms with Crippen LogP contribution in [0.15, 0.2) is 30.3 Å². The standard InChI is InChI=1S/C17H21NO3/c19-15(13-11-17(13)8-4-5-9-17)18-14(16(20)21)10-12-6-2-1-3-7-12/h1-3,6-7,13-14H,4-5,8-11H2,(H,18,19)(H,20,21). The van der Waals surface area contributed by atoms with E-state index in [0.29, 0.717) is 6.42 Å². The van der Waals surface area contributed by atoms with Crippen molar-refractivity contribution in [3.05, 3.63) is 35.9 Å². The van der Waals surface area contributed by atoms with Gasteiger partial charge in [-0.1, -0.05) is 43.2 Å². The summed E-state index contributed by atoms with van der Waals surface area (Å²) in [6.45, 7) is 0. The summed E-state index contributed by atoms with van der Waals surface area (Å²) in [6.07, 6.45) is 5.94. The lowest BCUT2D eigenvalue weighted by Gasteiger charge is -2.16. The average molecular weight is 287 g/mol. The van der Waals surface area contributed by atoms with E-state index >= 15 is 0 Å². The molecule has 0 heterocycles. The van der Waals surface area contributed by atoms with Crippen molar-refractivity contribution in [3.8, 4) is 0 Å². The van der Waals surface area contributed by atoms with Crippen LogP contribution in [0.4, 0.5) is 0 Å². The van der Waals surface area contributed by atoms with Crippen LogP contribution in [0.5, 0.6) is 0 Å². The highest BCUT2D eigenvalue weighted by molar-refractivity contribution is 5.87. The molecule has 0 bridgehead atoms. The minimum Gasteiger partial charge on any atom is -0.480 e. The minimum atomic E-state index is -0.965. The number of carboxylic acid groups (broad SMARTS) is 1. The zero-order valence-corrected chi connectivity index (χ0v) is 12.0. The molecule has 2 atom stereocenters. The number of carbonyl (C=O) groups is 2. The van der Waals surface area contributed by atoms with Gasteiger partial charge < -0.3 is 10.4 Å². The predicted molar refractivity (Wildman–Crippen MR) is 78.7 cm³/mol. The van der Waals surface area contributed by atoms with Crippen LogP contribution in [0.1, 0.15) is 37.7 Å². The highest BCUT2D eigenvalue weighted by Crippen LogP contribution is 2.62. The summed E-state index contributed by atoms with van der Waals surface area (Å²) >= 11 is 0. The fourth-order valence-corrected chi connectivity index (χ4v) is 3.67. The maximum absolute atomic E-state index is 12.3. The molecule has 1 spiro atoms. The van der Waals surface area contributed by atoms with Crippen molar-refractivity contribution in [1.82, 2.24) is 5.32 Å². The Hall–Kier alpha value is -1.84. The fourth-order valence-electron chi connectivity index (χ4n) is 3.67. The third-order valence-corrected chi connectivity index (χ3v) is 5.00. The van der Waals surface area contributed by atoms with Crippen molar-refractivity contribution in [2.24, 2.45) is 11.3 Å². The van der Waals surface area contributed by atoms with Gasteiger partial charge in [0.15, 0.2) is 0 Å². The Morgan fingerprint density at radius 2 is 1.90 bits per heavy atom. The molecule has 1 aromatic rings. The van der Waals surface area contributed by atoms with E-state index in [1.54, 1.807) is 0 Å². The maximum atomic E-state index is 12.3. The van der Waals surface area contributed by atoms with E-state index in [9.17, 15) is 14.7 Å². The van der Waals surface area contributed by atoms with Crippen LogP contribution >= 0.6 is 0 Å². The van der Waals surface area contributed by atoms with Crippen molar-refractivity contribution < 1.29 is 14.7 Å². The second kappa shape index (κ2) is 5.51. The molecule has 3 rings (SSSR count). The summed E-state index contributed by atoms with van der Waals surface area (Å²) in [6, 6.07) is 8.59. The second-order valence-electron chi connectivity index (χ2n) is 6.42. The molecule has 1 amide bonds. The van der Waals surface area contributed by atoms with Crippen LogP contribution < -0.4 is 5.32 Å². The van der Waals surface area contributed by atoms with E-state index in [-0.39, 0.29) is 17.2 Å². The molecule has 1 aromatic carbocycles. The molecule has 4 heteroatoms. The van der Waals surface area contributed by atoms with Gasteiger partial charge in [0.25, 0.3) is 0 Å². The van der Waals surface area contributed by atoms with Gasteiger partial charge in [0.2, 0.25) is 5.91 Å². The Labute approximate surface area is 124 Å². The Kier molecular flexibility index (Phi) is 3.70. The zero-order valence-electron chi connectivity index (χ0n) is 12.0. The molecule has 2 fully saturated rings. The molecule has 0 saturated heterocycles. The molecule has 21 heavy (non-hydrogen) atoms.